The van der Waals surface area contributed by atoms with E-state index >= 15 is 0 Å². The van der Waals surface area contributed by atoms with E-state index in [0.29, 0.717) is 0 Å². The fraction of sp³-hybridized carbons (Fsp3) is 0.357. The number of ether oxygens (including phenoxy) is 1. The van der Waals surface area contributed by atoms with Crippen LogP contribution in [0.4, 0.5) is 0 Å². The lowest BCUT2D eigenvalue weighted by molar-refractivity contribution is 0.0342. The average Bonchev–Trinajstić information content (AvgIpc) is 2.95. The summed E-state index contributed by atoms with van der Waals surface area (Å²) >= 11 is 0. The highest BCUT2D eigenvalue weighted by Crippen LogP contribution is 2.16. The van der Waals surface area contributed by atoms with Crippen molar-refractivity contribution in [2.24, 2.45) is 0 Å². The first-order valence-corrected chi connectivity index (χ1v) is 6.30. The summed E-state index contributed by atoms with van der Waals surface area (Å²) in [7, 11) is 0. The Morgan fingerprint density at radius 1 is 1.17 bits per heavy atom. The first kappa shape index (κ1) is 11.4. The standard InChI is InChI=1S/C14H17N3O/c1-3-13(14-15-5-6-16-14)4-2-12(1)11-17-7-9-18-10-8-17/h1-6H,7-11H2,(H,15,16). The van der Waals surface area contributed by atoms with Crippen LogP contribution in [0.15, 0.2) is 36.7 Å². The summed E-state index contributed by atoms with van der Waals surface area (Å²) in [4.78, 5) is 9.79. The molecule has 3 rings (SSSR count). The lowest BCUT2D eigenvalue weighted by Crippen LogP contribution is -2.35. The predicted molar refractivity (Wildman–Crippen MR) is 70.1 cm³/mol. The van der Waals surface area contributed by atoms with Gasteiger partial charge in [-0.25, -0.2) is 4.98 Å². The molecule has 0 spiro atoms. The molecule has 4 nitrogen and oxygen atoms in total. The quantitative estimate of drug-likeness (QED) is 0.895. The van der Waals surface area contributed by atoms with Gasteiger partial charge in [0, 0.05) is 37.6 Å². The van der Waals surface area contributed by atoms with Gasteiger partial charge in [0.05, 0.1) is 13.2 Å². The normalized spacial score (nSPS) is 16.9. The summed E-state index contributed by atoms with van der Waals surface area (Å²) in [6, 6.07) is 8.59. The van der Waals surface area contributed by atoms with Crippen molar-refractivity contribution in [3.8, 4) is 11.4 Å². The van der Waals surface area contributed by atoms with E-state index in [1.165, 1.54) is 5.56 Å². The van der Waals surface area contributed by atoms with Crippen molar-refractivity contribution in [1.82, 2.24) is 14.9 Å². The van der Waals surface area contributed by atoms with Crippen LogP contribution in [0.1, 0.15) is 5.56 Å². The van der Waals surface area contributed by atoms with Crippen molar-refractivity contribution in [2.45, 2.75) is 6.54 Å². The van der Waals surface area contributed by atoms with E-state index in [0.717, 1.165) is 44.2 Å². The van der Waals surface area contributed by atoms with Crippen molar-refractivity contribution in [3.05, 3.63) is 42.2 Å². The van der Waals surface area contributed by atoms with E-state index < -0.39 is 0 Å². The molecule has 0 saturated carbocycles. The highest BCUT2D eigenvalue weighted by Gasteiger charge is 2.10. The summed E-state index contributed by atoms with van der Waals surface area (Å²) < 4.78 is 5.35. The van der Waals surface area contributed by atoms with Gasteiger partial charge >= 0.3 is 0 Å². The van der Waals surface area contributed by atoms with Gasteiger partial charge in [-0.05, 0) is 5.56 Å². The Morgan fingerprint density at radius 2 is 1.94 bits per heavy atom. The maximum atomic E-state index is 5.35. The van der Waals surface area contributed by atoms with E-state index in [1.54, 1.807) is 6.20 Å². The van der Waals surface area contributed by atoms with E-state index in [2.05, 4.69) is 39.1 Å². The van der Waals surface area contributed by atoms with Crippen molar-refractivity contribution < 1.29 is 4.74 Å². The zero-order valence-corrected chi connectivity index (χ0v) is 10.3. The molecule has 1 aliphatic heterocycles. The van der Waals surface area contributed by atoms with Crippen molar-refractivity contribution in [2.75, 3.05) is 26.3 Å². The van der Waals surface area contributed by atoms with Crippen molar-refractivity contribution in [3.63, 3.8) is 0 Å². The van der Waals surface area contributed by atoms with E-state index in [-0.39, 0.29) is 0 Å². The number of benzene rings is 1. The number of hydrogen-bond donors (Lipinski definition) is 1. The molecule has 1 saturated heterocycles. The minimum Gasteiger partial charge on any atom is -0.379 e. The average molecular weight is 243 g/mol. The minimum absolute atomic E-state index is 0.852. The van der Waals surface area contributed by atoms with Crippen LogP contribution in [0, 0.1) is 0 Å². The van der Waals surface area contributed by atoms with Crippen molar-refractivity contribution >= 4 is 0 Å². The second kappa shape index (κ2) is 5.33. The fourth-order valence-corrected chi connectivity index (χ4v) is 2.21. The zero-order chi connectivity index (χ0) is 12.2. The molecule has 0 aliphatic carbocycles. The van der Waals surface area contributed by atoms with Crippen LogP contribution in [0.5, 0.6) is 0 Å². The Kier molecular flexibility index (Phi) is 3.39. The molecule has 2 aromatic rings. The van der Waals surface area contributed by atoms with Gasteiger partial charge in [-0.15, -0.1) is 0 Å². The van der Waals surface area contributed by atoms with Crippen LogP contribution < -0.4 is 0 Å². The summed E-state index contributed by atoms with van der Waals surface area (Å²) in [5.41, 5.74) is 2.47. The molecule has 0 amide bonds. The van der Waals surface area contributed by atoms with Crippen LogP contribution in [-0.4, -0.2) is 41.2 Å². The predicted octanol–water partition coefficient (Wildman–Crippen LogP) is 1.91. The molecule has 2 heterocycles. The Hall–Kier alpha value is -1.65. The van der Waals surface area contributed by atoms with E-state index in [4.69, 9.17) is 4.74 Å². The third-order valence-corrected chi connectivity index (χ3v) is 3.24. The van der Waals surface area contributed by atoms with Gasteiger partial charge in [0.2, 0.25) is 0 Å². The largest absolute Gasteiger partial charge is 0.379 e. The van der Waals surface area contributed by atoms with Crippen LogP contribution in [0.3, 0.4) is 0 Å². The number of aromatic amines is 1. The van der Waals surface area contributed by atoms with Gasteiger partial charge in [-0.2, -0.15) is 0 Å². The number of hydrogen-bond acceptors (Lipinski definition) is 3. The molecule has 0 atom stereocenters. The number of aromatic nitrogens is 2. The second-order valence-electron chi connectivity index (χ2n) is 4.52. The Bertz CT molecular complexity index is 472. The van der Waals surface area contributed by atoms with E-state index in [1.807, 2.05) is 6.20 Å². The van der Waals surface area contributed by atoms with Crippen LogP contribution in [0.2, 0.25) is 0 Å². The van der Waals surface area contributed by atoms with Gasteiger partial charge in [-0.3, -0.25) is 4.90 Å². The van der Waals surface area contributed by atoms with Gasteiger partial charge in [0.25, 0.3) is 0 Å². The Balaban J connectivity index is 1.67. The third-order valence-electron chi connectivity index (χ3n) is 3.24. The summed E-state index contributed by atoms with van der Waals surface area (Å²) in [5.74, 6) is 0.924. The molecule has 18 heavy (non-hydrogen) atoms. The lowest BCUT2D eigenvalue weighted by atomic mass is 10.1. The topological polar surface area (TPSA) is 41.2 Å². The van der Waals surface area contributed by atoms with Crippen molar-refractivity contribution in [1.29, 1.82) is 0 Å². The lowest BCUT2D eigenvalue weighted by Gasteiger charge is -2.26. The zero-order valence-electron chi connectivity index (χ0n) is 10.3. The molecule has 1 N–H and O–H groups in total. The number of imidazole rings is 1. The smallest absolute Gasteiger partial charge is 0.137 e. The molecule has 0 bridgehead atoms. The Labute approximate surface area is 107 Å². The highest BCUT2D eigenvalue weighted by molar-refractivity contribution is 5.55. The number of H-pyrrole nitrogens is 1. The summed E-state index contributed by atoms with van der Waals surface area (Å²) in [6.07, 6.45) is 3.62. The Morgan fingerprint density at radius 3 is 2.61 bits per heavy atom. The monoisotopic (exact) mass is 243 g/mol. The molecule has 1 fully saturated rings. The molecular weight excluding hydrogens is 226 g/mol. The van der Waals surface area contributed by atoms with Crippen LogP contribution in [-0.2, 0) is 11.3 Å². The summed E-state index contributed by atoms with van der Waals surface area (Å²) in [5, 5.41) is 0. The molecular formula is C14H17N3O. The maximum absolute atomic E-state index is 5.35. The number of rotatable bonds is 3. The van der Waals surface area contributed by atoms with Gasteiger partial charge < -0.3 is 9.72 Å². The van der Waals surface area contributed by atoms with E-state index in [9.17, 15) is 0 Å². The molecule has 0 unspecified atom stereocenters. The number of nitrogens with one attached hydrogen (secondary N) is 1. The first-order chi connectivity index (χ1) is 8.92. The number of morpholine rings is 1. The SMILES string of the molecule is c1c[nH]c(-c2ccc(CN3CCOCC3)cc2)n1. The third kappa shape index (κ3) is 2.60. The highest BCUT2D eigenvalue weighted by atomic mass is 16.5. The molecule has 0 radical (unpaired) electrons. The molecule has 94 valence electrons. The van der Waals surface area contributed by atoms with Crippen LogP contribution >= 0.6 is 0 Å². The van der Waals surface area contributed by atoms with Crippen LogP contribution in [0.25, 0.3) is 11.4 Å². The molecule has 1 aromatic carbocycles. The van der Waals surface area contributed by atoms with Gasteiger partial charge in [0.15, 0.2) is 0 Å². The first-order valence-electron chi connectivity index (χ1n) is 6.30. The fourth-order valence-electron chi connectivity index (χ4n) is 2.21. The number of nitrogens with zero attached hydrogens (tertiary/aromatic N) is 2. The van der Waals surface area contributed by atoms with Gasteiger partial charge in [0.1, 0.15) is 5.82 Å². The molecule has 1 aliphatic rings. The molecule has 1 aromatic heterocycles. The summed E-state index contributed by atoms with van der Waals surface area (Å²) in [6.45, 7) is 4.76. The van der Waals surface area contributed by atoms with Gasteiger partial charge in [-0.1, -0.05) is 24.3 Å². The minimum atomic E-state index is 0.852. The molecule has 4 heteroatoms. The maximum Gasteiger partial charge on any atom is 0.137 e. The second-order valence-corrected chi connectivity index (χ2v) is 4.52.